The van der Waals surface area contributed by atoms with Crippen LogP contribution in [-0.2, 0) is 30.1 Å². The Balaban J connectivity index is 1.64. The van der Waals surface area contributed by atoms with Crippen LogP contribution in [0.1, 0.15) is 176 Å². The summed E-state index contributed by atoms with van der Waals surface area (Å²) in [5, 5.41) is 0. The molecule has 0 nitrogen and oxygen atoms in total. The number of unbranched alkanes of at least 4 members (excludes halogenated alkanes) is 12. The Kier molecular flexibility index (Phi) is 15.7. The van der Waals surface area contributed by atoms with Gasteiger partial charge in [0.05, 0.1) is 0 Å². The molecule has 0 radical (unpaired) electrons. The summed E-state index contributed by atoms with van der Waals surface area (Å²) in [5.74, 6) is 0. The molecule has 0 bridgehead atoms. The smallest absolute Gasteiger partial charge is 0.0149 e. The highest BCUT2D eigenvalue weighted by atomic mass is 14.3. The predicted octanol–water partition coefficient (Wildman–Crippen LogP) is 14.5. The first-order chi connectivity index (χ1) is 23.8. The van der Waals surface area contributed by atoms with Gasteiger partial charge in [-0.25, -0.2) is 0 Å². The second kappa shape index (κ2) is 19.9. The number of hydrogen-bond donors (Lipinski definition) is 0. The summed E-state index contributed by atoms with van der Waals surface area (Å²) in [6.07, 6.45) is 22.2. The predicted molar refractivity (Wildman–Crippen MR) is 216 cm³/mol. The highest BCUT2D eigenvalue weighted by Gasteiger charge is 2.29. The molecule has 0 atom stereocenters. The molecule has 0 aliphatic carbocycles. The SMILES string of the molecule is CCCCCCCCCc1ccc(Cc2ccc(CCCCCCCCC)cc2C(C)(C)c2ccccc2)c(C(C)(C)c2ccccc2)c1. The van der Waals surface area contributed by atoms with Crippen LogP contribution in [0.25, 0.3) is 0 Å². The molecule has 0 aromatic heterocycles. The quantitative estimate of drug-likeness (QED) is 0.0739. The molecule has 0 saturated carbocycles. The fourth-order valence-electron chi connectivity index (χ4n) is 7.83. The van der Waals surface area contributed by atoms with Gasteiger partial charge >= 0.3 is 0 Å². The molecule has 0 fully saturated rings. The first-order valence-electron chi connectivity index (χ1n) is 20.1. The maximum atomic E-state index is 2.57. The first-order valence-corrected chi connectivity index (χ1v) is 20.1. The van der Waals surface area contributed by atoms with E-state index in [0.29, 0.717) is 0 Å². The summed E-state index contributed by atoms with van der Waals surface area (Å²) >= 11 is 0. The van der Waals surface area contributed by atoms with Gasteiger partial charge in [0.15, 0.2) is 0 Å². The molecule has 0 heterocycles. The minimum absolute atomic E-state index is 0.0844. The van der Waals surface area contributed by atoms with E-state index in [1.807, 2.05) is 0 Å². The lowest BCUT2D eigenvalue weighted by Crippen LogP contribution is -2.23. The summed E-state index contributed by atoms with van der Waals surface area (Å²) in [6.45, 7) is 14.3. The van der Waals surface area contributed by atoms with Crippen molar-refractivity contribution in [1.82, 2.24) is 0 Å². The average Bonchev–Trinajstić information content (AvgIpc) is 3.12. The highest BCUT2D eigenvalue weighted by Crippen LogP contribution is 2.39. The average molecular weight is 657 g/mol. The molecule has 0 aliphatic heterocycles. The van der Waals surface area contributed by atoms with Crippen molar-refractivity contribution < 1.29 is 0 Å². The van der Waals surface area contributed by atoms with Crippen molar-refractivity contribution in [3.05, 3.63) is 142 Å². The van der Waals surface area contributed by atoms with Crippen LogP contribution in [0, 0.1) is 0 Å². The molecule has 0 heteroatoms. The summed E-state index contributed by atoms with van der Waals surface area (Å²) < 4.78 is 0. The third kappa shape index (κ3) is 11.5. The lowest BCUT2D eigenvalue weighted by atomic mass is 9.72. The van der Waals surface area contributed by atoms with Crippen LogP contribution in [0.3, 0.4) is 0 Å². The Morgan fingerprint density at radius 3 is 1.10 bits per heavy atom. The molecule has 0 N–H and O–H groups in total. The largest absolute Gasteiger partial charge is 0.0654 e. The van der Waals surface area contributed by atoms with Gasteiger partial charge in [-0.15, -0.1) is 0 Å². The Bertz CT molecular complexity index is 1380. The Hall–Kier alpha value is -3.12. The fraction of sp³-hybridized carbons (Fsp3) is 0.510. The van der Waals surface area contributed by atoms with Crippen LogP contribution in [0.2, 0.25) is 0 Å². The van der Waals surface area contributed by atoms with Gasteiger partial charge in [0, 0.05) is 10.8 Å². The van der Waals surface area contributed by atoms with Crippen molar-refractivity contribution in [2.45, 2.75) is 162 Å². The molecule has 4 rings (SSSR count). The second-order valence-electron chi connectivity index (χ2n) is 15.9. The van der Waals surface area contributed by atoms with Crippen molar-refractivity contribution >= 4 is 0 Å². The van der Waals surface area contributed by atoms with E-state index in [-0.39, 0.29) is 10.8 Å². The fourth-order valence-corrected chi connectivity index (χ4v) is 7.83. The van der Waals surface area contributed by atoms with E-state index in [0.717, 1.165) is 6.42 Å². The summed E-state index contributed by atoms with van der Waals surface area (Å²) in [7, 11) is 0. The Morgan fingerprint density at radius 1 is 0.388 bits per heavy atom. The molecule has 0 unspecified atom stereocenters. The van der Waals surface area contributed by atoms with Gasteiger partial charge in [0.2, 0.25) is 0 Å². The monoisotopic (exact) mass is 657 g/mol. The van der Waals surface area contributed by atoms with Gasteiger partial charge in [-0.3, -0.25) is 0 Å². The topological polar surface area (TPSA) is 0 Å². The molecule has 4 aromatic carbocycles. The zero-order valence-corrected chi connectivity index (χ0v) is 32.3. The van der Waals surface area contributed by atoms with Crippen molar-refractivity contribution in [1.29, 1.82) is 0 Å². The molecule has 0 aliphatic rings. The molecule has 49 heavy (non-hydrogen) atoms. The van der Waals surface area contributed by atoms with Crippen LogP contribution in [0.5, 0.6) is 0 Å². The third-order valence-electron chi connectivity index (χ3n) is 11.2. The van der Waals surface area contributed by atoms with E-state index in [1.165, 1.54) is 147 Å². The molecule has 0 saturated heterocycles. The number of benzene rings is 4. The number of hydrogen-bond acceptors (Lipinski definition) is 0. The third-order valence-corrected chi connectivity index (χ3v) is 11.2. The molecular formula is C49H68. The standard InChI is InChI=1S/C49H68/c1-7-9-11-13-15-17-21-27-40-33-35-42(46(37-40)48(3,4)44-29-23-19-24-30-44)39-43-36-34-41(28-22-18-16-14-12-10-8-2)38-47(43)49(5,6)45-31-25-20-26-32-45/h19-20,23-26,29-38H,7-18,21-22,27-28,39H2,1-6H3. The van der Waals surface area contributed by atoms with E-state index < -0.39 is 0 Å². The zero-order valence-electron chi connectivity index (χ0n) is 32.3. The minimum atomic E-state index is -0.0844. The molecular weight excluding hydrogens is 589 g/mol. The van der Waals surface area contributed by atoms with Gasteiger partial charge in [0.1, 0.15) is 0 Å². The van der Waals surface area contributed by atoms with Crippen molar-refractivity contribution in [3.63, 3.8) is 0 Å². The van der Waals surface area contributed by atoms with E-state index in [9.17, 15) is 0 Å². The van der Waals surface area contributed by atoms with Crippen LogP contribution in [0.15, 0.2) is 97.1 Å². The molecule has 4 aromatic rings. The van der Waals surface area contributed by atoms with Gasteiger partial charge in [-0.1, -0.05) is 216 Å². The maximum absolute atomic E-state index is 2.57. The zero-order chi connectivity index (χ0) is 35.0. The summed E-state index contributed by atoms with van der Waals surface area (Å²) in [5.41, 5.74) is 11.5. The van der Waals surface area contributed by atoms with E-state index in [2.05, 4.69) is 139 Å². The van der Waals surface area contributed by atoms with Crippen LogP contribution < -0.4 is 0 Å². The number of rotatable bonds is 22. The minimum Gasteiger partial charge on any atom is -0.0654 e. The van der Waals surface area contributed by atoms with Crippen molar-refractivity contribution in [2.24, 2.45) is 0 Å². The van der Waals surface area contributed by atoms with Crippen molar-refractivity contribution in [2.75, 3.05) is 0 Å². The van der Waals surface area contributed by atoms with Crippen molar-refractivity contribution in [3.8, 4) is 0 Å². The molecule has 0 amide bonds. The van der Waals surface area contributed by atoms with Crippen LogP contribution >= 0.6 is 0 Å². The maximum Gasteiger partial charge on any atom is 0.0149 e. The Labute approximate surface area is 302 Å². The molecule has 264 valence electrons. The van der Waals surface area contributed by atoms with Gasteiger partial charge in [0.25, 0.3) is 0 Å². The Morgan fingerprint density at radius 2 is 0.735 bits per heavy atom. The first kappa shape index (κ1) is 38.7. The normalized spacial score (nSPS) is 12.0. The van der Waals surface area contributed by atoms with Crippen LogP contribution in [0.4, 0.5) is 0 Å². The highest BCUT2D eigenvalue weighted by molar-refractivity contribution is 5.50. The van der Waals surface area contributed by atoms with E-state index >= 15 is 0 Å². The van der Waals surface area contributed by atoms with E-state index in [1.54, 1.807) is 0 Å². The lowest BCUT2D eigenvalue weighted by molar-refractivity contribution is 0.588. The van der Waals surface area contributed by atoms with Gasteiger partial charge in [-0.05, 0) is 76.6 Å². The van der Waals surface area contributed by atoms with Gasteiger partial charge in [-0.2, -0.15) is 0 Å². The van der Waals surface area contributed by atoms with Crippen LogP contribution in [-0.4, -0.2) is 0 Å². The van der Waals surface area contributed by atoms with E-state index in [4.69, 9.17) is 0 Å². The summed E-state index contributed by atoms with van der Waals surface area (Å²) in [4.78, 5) is 0. The number of aryl methyl sites for hydroxylation is 2. The second-order valence-corrected chi connectivity index (χ2v) is 15.9. The van der Waals surface area contributed by atoms with Gasteiger partial charge < -0.3 is 0 Å². The lowest BCUT2D eigenvalue weighted by Gasteiger charge is -2.32. The summed E-state index contributed by atoms with van der Waals surface area (Å²) in [6, 6.07) is 37.3. The molecule has 0 spiro atoms.